The van der Waals surface area contributed by atoms with Crippen LogP contribution in [-0.4, -0.2) is 16.4 Å². The van der Waals surface area contributed by atoms with E-state index in [-0.39, 0.29) is 11.8 Å². The fraction of sp³-hybridized carbons (Fsp3) is 0.143. The minimum Gasteiger partial charge on any atom is -0.347 e. The molecule has 0 saturated carbocycles. The molecule has 0 bridgehead atoms. The molecule has 0 radical (unpaired) electrons. The molecule has 2 N–H and O–H groups in total. The summed E-state index contributed by atoms with van der Waals surface area (Å²) in [5, 5.41) is 1.96. The molecule has 0 spiro atoms. The lowest BCUT2D eigenvalue weighted by atomic mass is 10.3. The standard InChI is InChI=1S/C14H15N3O2S/c1-10-7-9-20-12(10)5-6-13(18)15-16-14(19)11-4-3-8-17(11)2/h3-9H,1-2H3,(H,15,18)(H,16,19). The van der Waals surface area contributed by atoms with Crippen molar-refractivity contribution in [2.45, 2.75) is 6.92 Å². The van der Waals surface area contributed by atoms with Crippen molar-refractivity contribution in [2.75, 3.05) is 0 Å². The van der Waals surface area contributed by atoms with Crippen LogP contribution in [0.4, 0.5) is 0 Å². The number of aromatic nitrogens is 1. The average molecular weight is 289 g/mol. The molecule has 2 aromatic heterocycles. The van der Waals surface area contributed by atoms with Crippen LogP contribution in [0.3, 0.4) is 0 Å². The van der Waals surface area contributed by atoms with Gasteiger partial charge >= 0.3 is 0 Å². The summed E-state index contributed by atoms with van der Waals surface area (Å²) in [6.07, 6.45) is 4.88. The van der Waals surface area contributed by atoms with Crippen LogP contribution < -0.4 is 10.9 Å². The molecule has 2 aromatic rings. The summed E-state index contributed by atoms with van der Waals surface area (Å²) in [7, 11) is 1.76. The average Bonchev–Trinajstić information content (AvgIpc) is 3.02. The van der Waals surface area contributed by atoms with Crippen LogP contribution in [-0.2, 0) is 11.8 Å². The van der Waals surface area contributed by atoms with Crippen LogP contribution in [0.2, 0.25) is 0 Å². The number of thiophene rings is 1. The second-order valence-corrected chi connectivity index (χ2v) is 5.20. The van der Waals surface area contributed by atoms with E-state index < -0.39 is 0 Å². The largest absolute Gasteiger partial charge is 0.347 e. The zero-order chi connectivity index (χ0) is 14.5. The van der Waals surface area contributed by atoms with Gasteiger partial charge in [0.15, 0.2) is 0 Å². The molecule has 2 amide bonds. The number of carbonyl (C=O) groups is 2. The first-order chi connectivity index (χ1) is 9.58. The first-order valence-corrected chi connectivity index (χ1v) is 6.89. The van der Waals surface area contributed by atoms with E-state index >= 15 is 0 Å². The van der Waals surface area contributed by atoms with Crippen LogP contribution in [0.1, 0.15) is 20.9 Å². The second kappa shape index (κ2) is 6.21. The Kier molecular flexibility index (Phi) is 4.37. The van der Waals surface area contributed by atoms with Crippen molar-refractivity contribution >= 4 is 29.2 Å². The van der Waals surface area contributed by atoms with Gasteiger partial charge in [0.1, 0.15) is 5.69 Å². The third-order valence-electron chi connectivity index (χ3n) is 2.76. The van der Waals surface area contributed by atoms with Crippen molar-refractivity contribution < 1.29 is 9.59 Å². The molecule has 0 fully saturated rings. The van der Waals surface area contributed by atoms with Gasteiger partial charge in [-0.1, -0.05) is 0 Å². The van der Waals surface area contributed by atoms with Crippen molar-refractivity contribution in [3.8, 4) is 0 Å². The predicted molar refractivity (Wildman–Crippen MR) is 79.1 cm³/mol. The molecular weight excluding hydrogens is 274 g/mol. The molecule has 5 nitrogen and oxygen atoms in total. The minimum atomic E-state index is -0.375. The van der Waals surface area contributed by atoms with Crippen molar-refractivity contribution in [2.24, 2.45) is 7.05 Å². The highest BCUT2D eigenvalue weighted by molar-refractivity contribution is 7.11. The Bertz CT molecular complexity index is 655. The normalized spacial score (nSPS) is 10.7. The molecule has 0 aliphatic carbocycles. The van der Waals surface area contributed by atoms with E-state index in [9.17, 15) is 9.59 Å². The summed E-state index contributed by atoms with van der Waals surface area (Å²) in [6, 6.07) is 5.42. The maximum atomic E-state index is 11.7. The monoisotopic (exact) mass is 289 g/mol. The molecule has 2 rings (SSSR count). The second-order valence-electron chi connectivity index (χ2n) is 4.25. The highest BCUT2D eigenvalue weighted by Crippen LogP contribution is 2.16. The SMILES string of the molecule is Cc1ccsc1C=CC(=O)NNC(=O)c1cccn1C. The maximum Gasteiger partial charge on any atom is 0.286 e. The first-order valence-electron chi connectivity index (χ1n) is 6.02. The zero-order valence-corrected chi connectivity index (χ0v) is 12.0. The summed E-state index contributed by atoms with van der Waals surface area (Å²) in [5.74, 6) is -0.730. The molecular formula is C14H15N3O2S. The van der Waals surface area contributed by atoms with E-state index in [1.165, 1.54) is 6.08 Å². The lowest BCUT2D eigenvalue weighted by Gasteiger charge is -2.05. The molecule has 0 unspecified atom stereocenters. The van der Waals surface area contributed by atoms with Crippen LogP contribution in [0, 0.1) is 6.92 Å². The minimum absolute atomic E-state index is 0.355. The molecule has 20 heavy (non-hydrogen) atoms. The van der Waals surface area contributed by atoms with Gasteiger partial charge in [0, 0.05) is 24.2 Å². The highest BCUT2D eigenvalue weighted by Gasteiger charge is 2.08. The van der Waals surface area contributed by atoms with Gasteiger partial charge in [-0.25, -0.2) is 0 Å². The third kappa shape index (κ3) is 3.36. The Hall–Kier alpha value is -2.34. The van der Waals surface area contributed by atoms with Crippen LogP contribution in [0.5, 0.6) is 0 Å². The number of aryl methyl sites for hydroxylation is 2. The number of hydrazine groups is 1. The van der Waals surface area contributed by atoms with E-state index in [2.05, 4.69) is 10.9 Å². The molecule has 104 valence electrons. The van der Waals surface area contributed by atoms with E-state index in [0.717, 1.165) is 10.4 Å². The number of rotatable bonds is 3. The molecule has 6 heteroatoms. The first kappa shape index (κ1) is 14.1. The van der Waals surface area contributed by atoms with Crippen molar-refractivity contribution in [1.82, 2.24) is 15.4 Å². The van der Waals surface area contributed by atoms with Gasteiger partial charge in [-0.2, -0.15) is 0 Å². The fourth-order valence-corrected chi connectivity index (χ4v) is 2.45. The maximum absolute atomic E-state index is 11.7. The highest BCUT2D eigenvalue weighted by atomic mass is 32.1. The Labute approximate surface area is 120 Å². The van der Waals surface area contributed by atoms with Gasteiger partial charge in [-0.3, -0.25) is 20.4 Å². The van der Waals surface area contributed by atoms with Gasteiger partial charge in [0.2, 0.25) is 0 Å². The Balaban J connectivity index is 1.87. The van der Waals surface area contributed by atoms with Crippen molar-refractivity contribution in [3.63, 3.8) is 0 Å². The Morgan fingerprint density at radius 1 is 1.30 bits per heavy atom. The third-order valence-corrected chi connectivity index (χ3v) is 3.75. The van der Waals surface area contributed by atoms with Crippen LogP contribution in [0.15, 0.2) is 35.9 Å². The number of nitrogens with one attached hydrogen (secondary N) is 2. The number of carbonyl (C=O) groups excluding carboxylic acids is 2. The zero-order valence-electron chi connectivity index (χ0n) is 11.2. The van der Waals surface area contributed by atoms with Gasteiger partial charge in [0.05, 0.1) is 0 Å². The molecule has 0 aromatic carbocycles. The van der Waals surface area contributed by atoms with E-state index in [0.29, 0.717) is 5.69 Å². The smallest absolute Gasteiger partial charge is 0.286 e. The molecule has 0 aliphatic rings. The fourth-order valence-electron chi connectivity index (χ4n) is 1.63. The quantitative estimate of drug-likeness (QED) is 0.669. The van der Waals surface area contributed by atoms with Crippen LogP contribution in [0.25, 0.3) is 6.08 Å². The van der Waals surface area contributed by atoms with Crippen LogP contribution >= 0.6 is 11.3 Å². The summed E-state index contributed by atoms with van der Waals surface area (Å²) >= 11 is 1.56. The Morgan fingerprint density at radius 2 is 2.10 bits per heavy atom. The number of hydrogen-bond acceptors (Lipinski definition) is 3. The van der Waals surface area contributed by atoms with Crippen molar-refractivity contribution in [1.29, 1.82) is 0 Å². The lowest BCUT2D eigenvalue weighted by Crippen LogP contribution is -2.41. The Morgan fingerprint density at radius 3 is 2.70 bits per heavy atom. The van der Waals surface area contributed by atoms with Gasteiger partial charge in [-0.05, 0) is 42.1 Å². The summed E-state index contributed by atoms with van der Waals surface area (Å²) in [5.41, 5.74) is 6.30. The van der Waals surface area contributed by atoms with Gasteiger partial charge < -0.3 is 4.57 Å². The number of hydrogen-bond donors (Lipinski definition) is 2. The summed E-state index contributed by atoms with van der Waals surface area (Å²) in [4.78, 5) is 24.4. The predicted octanol–water partition coefficient (Wildman–Crippen LogP) is 1.87. The lowest BCUT2D eigenvalue weighted by molar-refractivity contribution is -0.117. The van der Waals surface area contributed by atoms with E-state index in [4.69, 9.17) is 0 Å². The van der Waals surface area contributed by atoms with Gasteiger partial charge in [0.25, 0.3) is 11.8 Å². The van der Waals surface area contributed by atoms with E-state index in [1.54, 1.807) is 47.4 Å². The van der Waals surface area contributed by atoms with Gasteiger partial charge in [-0.15, -0.1) is 11.3 Å². The summed E-state index contributed by atoms with van der Waals surface area (Å²) < 4.78 is 1.67. The molecule has 0 aliphatic heterocycles. The molecule has 2 heterocycles. The molecule has 0 atom stereocenters. The molecule has 0 saturated heterocycles. The van der Waals surface area contributed by atoms with Crippen molar-refractivity contribution in [3.05, 3.63) is 52.0 Å². The summed E-state index contributed by atoms with van der Waals surface area (Å²) in [6.45, 7) is 1.98. The van der Waals surface area contributed by atoms with E-state index in [1.807, 2.05) is 18.4 Å². The number of amides is 2. The number of nitrogens with zero attached hydrogens (tertiary/aromatic N) is 1. The topological polar surface area (TPSA) is 63.1 Å².